The molecule has 0 amide bonds. The van der Waals surface area contributed by atoms with Crippen LogP contribution in [0.5, 0.6) is 0 Å². The first-order valence-electron chi connectivity index (χ1n) is 3.03. The smallest absolute Gasteiger partial charge is 0.129 e. The lowest BCUT2D eigenvalue weighted by Gasteiger charge is -1.98. The highest BCUT2D eigenvalue weighted by Crippen LogP contribution is 2.12. The van der Waals surface area contributed by atoms with Crippen LogP contribution in [0, 0.1) is 25.5 Å². The monoisotopic (exact) mass is 142 g/mol. The minimum atomic E-state index is -0.483. The molecule has 10 heavy (non-hydrogen) atoms. The van der Waals surface area contributed by atoms with E-state index in [4.69, 9.17) is 0 Å². The predicted molar refractivity (Wildman–Crippen MR) is 35.8 cm³/mol. The fourth-order valence-electron chi connectivity index (χ4n) is 0.802. The second-order valence-electron chi connectivity index (χ2n) is 2.35. The average Bonchev–Trinajstić information content (AvgIpc) is 1.84. The molecule has 0 unspecified atom stereocenters. The Morgan fingerprint density at radius 3 is 1.60 bits per heavy atom. The maximum Gasteiger partial charge on any atom is 0.129 e. The molecular formula is C8H8F2. The summed E-state index contributed by atoms with van der Waals surface area (Å²) in [4.78, 5) is 0. The van der Waals surface area contributed by atoms with Gasteiger partial charge >= 0.3 is 0 Å². The summed E-state index contributed by atoms with van der Waals surface area (Å²) in [5, 5.41) is 0. The van der Waals surface area contributed by atoms with Gasteiger partial charge < -0.3 is 0 Å². The summed E-state index contributed by atoms with van der Waals surface area (Å²) in [7, 11) is 0. The van der Waals surface area contributed by atoms with E-state index in [1.54, 1.807) is 13.8 Å². The quantitative estimate of drug-likeness (QED) is 0.522. The molecule has 54 valence electrons. The molecule has 0 aliphatic heterocycles. The van der Waals surface area contributed by atoms with Gasteiger partial charge in [0.2, 0.25) is 0 Å². The number of aryl methyl sites for hydroxylation is 2. The maximum absolute atomic E-state index is 12.5. The number of hydrogen-bond acceptors (Lipinski definition) is 0. The van der Waals surface area contributed by atoms with Crippen molar-refractivity contribution in [2.45, 2.75) is 13.8 Å². The second kappa shape index (κ2) is 2.37. The van der Waals surface area contributed by atoms with Gasteiger partial charge in [0, 0.05) is 6.07 Å². The molecule has 0 N–H and O–H groups in total. The highest BCUT2D eigenvalue weighted by atomic mass is 19.1. The lowest BCUT2D eigenvalue weighted by Crippen LogP contribution is -1.88. The highest BCUT2D eigenvalue weighted by Gasteiger charge is 2.01. The molecule has 1 aromatic carbocycles. The van der Waals surface area contributed by atoms with Crippen molar-refractivity contribution in [3.63, 3.8) is 0 Å². The van der Waals surface area contributed by atoms with Gasteiger partial charge in [-0.15, -0.1) is 0 Å². The Balaban J connectivity index is 3.28. The summed E-state index contributed by atoms with van der Waals surface area (Å²) < 4.78 is 25.0. The lowest BCUT2D eigenvalue weighted by molar-refractivity contribution is 0.572. The molecule has 0 radical (unpaired) electrons. The van der Waals surface area contributed by atoms with Crippen LogP contribution in [0.25, 0.3) is 0 Å². The normalized spacial score (nSPS) is 10.0. The second-order valence-corrected chi connectivity index (χ2v) is 2.35. The van der Waals surface area contributed by atoms with Crippen LogP contribution < -0.4 is 0 Å². The number of hydrogen-bond donors (Lipinski definition) is 0. The van der Waals surface area contributed by atoms with E-state index in [9.17, 15) is 8.78 Å². The van der Waals surface area contributed by atoms with Crippen molar-refractivity contribution in [2.75, 3.05) is 0 Å². The van der Waals surface area contributed by atoms with Gasteiger partial charge in [0.1, 0.15) is 11.6 Å². The molecule has 0 fully saturated rings. The molecule has 0 aromatic heterocycles. The molecule has 0 nitrogen and oxygen atoms in total. The summed E-state index contributed by atoms with van der Waals surface area (Å²) in [6.45, 7) is 3.23. The summed E-state index contributed by atoms with van der Waals surface area (Å²) in [6.07, 6.45) is 0. The Hall–Kier alpha value is -0.920. The number of benzene rings is 1. The van der Waals surface area contributed by atoms with Gasteiger partial charge in [-0.05, 0) is 25.0 Å². The van der Waals surface area contributed by atoms with Crippen LogP contribution in [0.15, 0.2) is 12.1 Å². The van der Waals surface area contributed by atoms with Crippen molar-refractivity contribution in [3.8, 4) is 0 Å². The summed E-state index contributed by atoms with van der Waals surface area (Å²) >= 11 is 0. The topological polar surface area (TPSA) is 0 Å². The minimum absolute atomic E-state index is 0.483. The Kier molecular flexibility index (Phi) is 1.70. The third kappa shape index (κ3) is 1.15. The molecule has 0 spiro atoms. The van der Waals surface area contributed by atoms with Gasteiger partial charge in [-0.2, -0.15) is 0 Å². The van der Waals surface area contributed by atoms with Crippen LogP contribution >= 0.6 is 0 Å². The SMILES string of the molecule is Cc1cc(C)c(F)cc1F. The first-order valence-corrected chi connectivity index (χ1v) is 3.03. The first kappa shape index (κ1) is 7.19. The van der Waals surface area contributed by atoms with E-state index in [1.165, 1.54) is 6.07 Å². The molecule has 0 saturated heterocycles. The van der Waals surface area contributed by atoms with Gasteiger partial charge in [-0.3, -0.25) is 0 Å². The molecule has 1 rings (SSSR count). The molecule has 0 heterocycles. The van der Waals surface area contributed by atoms with E-state index in [2.05, 4.69) is 0 Å². The zero-order valence-corrected chi connectivity index (χ0v) is 5.91. The van der Waals surface area contributed by atoms with Crippen LogP contribution in [0.4, 0.5) is 8.78 Å². The van der Waals surface area contributed by atoms with E-state index in [-0.39, 0.29) is 0 Å². The first-order chi connectivity index (χ1) is 4.61. The van der Waals surface area contributed by atoms with Crippen molar-refractivity contribution in [2.24, 2.45) is 0 Å². The van der Waals surface area contributed by atoms with Crippen molar-refractivity contribution in [1.29, 1.82) is 0 Å². The Morgan fingerprint density at radius 1 is 0.900 bits per heavy atom. The molecule has 2 heteroatoms. The van der Waals surface area contributed by atoms with Crippen LogP contribution in [-0.4, -0.2) is 0 Å². The van der Waals surface area contributed by atoms with Crippen LogP contribution in [0.1, 0.15) is 11.1 Å². The largest absolute Gasteiger partial charge is 0.207 e. The predicted octanol–water partition coefficient (Wildman–Crippen LogP) is 2.58. The van der Waals surface area contributed by atoms with Crippen molar-refractivity contribution < 1.29 is 8.78 Å². The summed E-state index contributed by atoms with van der Waals surface area (Å²) in [5.41, 5.74) is 0.970. The van der Waals surface area contributed by atoms with Crippen molar-refractivity contribution in [1.82, 2.24) is 0 Å². The van der Waals surface area contributed by atoms with Gasteiger partial charge in [0.25, 0.3) is 0 Å². The maximum atomic E-state index is 12.5. The van der Waals surface area contributed by atoms with E-state index in [0.717, 1.165) is 6.07 Å². The fourth-order valence-corrected chi connectivity index (χ4v) is 0.802. The van der Waals surface area contributed by atoms with Gasteiger partial charge in [0.05, 0.1) is 0 Å². The van der Waals surface area contributed by atoms with E-state index in [1.807, 2.05) is 0 Å². The minimum Gasteiger partial charge on any atom is -0.207 e. The fraction of sp³-hybridized carbons (Fsp3) is 0.250. The van der Waals surface area contributed by atoms with Gasteiger partial charge in [0.15, 0.2) is 0 Å². The number of halogens is 2. The number of rotatable bonds is 0. The van der Waals surface area contributed by atoms with E-state index < -0.39 is 11.6 Å². The van der Waals surface area contributed by atoms with Crippen LogP contribution in [0.3, 0.4) is 0 Å². The van der Waals surface area contributed by atoms with E-state index in [0.29, 0.717) is 11.1 Å². The third-order valence-corrected chi connectivity index (χ3v) is 1.44. The van der Waals surface area contributed by atoms with Crippen molar-refractivity contribution in [3.05, 3.63) is 34.9 Å². The zero-order valence-electron chi connectivity index (χ0n) is 5.91. The van der Waals surface area contributed by atoms with Crippen LogP contribution in [0.2, 0.25) is 0 Å². The lowest BCUT2D eigenvalue weighted by atomic mass is 10.1. The molecule has 1 aromatic rings. The molecule has 0 aliphatic rings. The molecule has 0 atom stereocenters. The van der Waals surface area contributed by atoms with Crippen molar-refractivity contribution >= 4 is 0 Å². The molecule has 0 saturated carbocycles. The highest BCUT2D eigenvalue weighted by molar-refractivity contribution is 5.24. The standard InChI is InChI=1S/C8H8F2/c1-5-3-6(2)8(10)4-7(5)9/h3-4H,1-2H3. The summed E-state index contributed by atoms with van der Waals surface area (Å²) in [6, 6.07) is 2.40. The Bertz CT molecular complexity index is 203. The Labute approximate surface area is 58.5 Å². The third-order valence-electron chi connectivity index (χ3n) is 1.44. The van der Waals surface area contributed by atoms with E-state index >= 15 is 0 Å². The average molecular weight is 142 g/mol. The molecular weight excluding hydrogens is 134 g/mol. The molecule has 0 bridgehead atoms. The Morgan fingerprint density at radius 2 is 1.30 bits per heavy atom. The van der Waals surface area contributed by atoms with Gasteiger partial charge in [-0.1, -0.05) is 6.07 Å². The van der Waals surface area contributed by atoms with Crippen LogP contribution in [-0.2, 0) is 0 Å². The van der Waals surface area contributed by atoms with Gasteiger partial charge in [-0.25, -0.2) is 8.78 Å². The molecule has 0 aliphatic carbocycles. The summed E-state index contributed by atoms with van der Waals surface area (Å²) in [5.74, 6) is -0.966. The zero-order chi connectivity index (χ0) is 7.72.